The van der Waals surface area contributed by atoms with E-state index in [1.54, 1.807) is 24.3 Å². The van der Waals surface area contributed by atoms with E-state index in [-0.39, 0.29) is 20.5 Å². The van der Waals surface area contributed by atoms with Crippen molar-refractivity contribution in [1.82, 2.24) is 9.62 Å². The number of ether oxygens (including phenoxy) is 1. The normalized spacial score (nSPS) is 11.6. The van der Waals surface area contributed by atoms with Gasteiger partial charge in [-0.25, -0.2) is 17.9 Å². The van der Waals surface area contributed by atoms with E-state index < -0.39 is 51.7 Å². The molecule has 0 spiro atoms. The minimum Gasteiger partial charge on any atom is -0.474 e. The molecule has 0 aliphatic heterocycles. The molecule has 224 valence electrons. The summed E-state index contributed by atoms with van der Waals surface area (Å²) in [5, 5.41) is 9.18. The summed E-state index contributed by atoms with van der Waals surface area (Å²) >= 11 is 0.680. The topological polar surface area (TPSA) is 130 Å². The Hall–Kier alpha value is -4.53. The average Bonchev–Trinajstić information content (AvgIpc) is 3.46. The van der Waals surface area contributed by atoms with Crippen molar-refractivity contribution in [2.24, 2.45) is 0 Å². The van der Waals surface area contributed by atoms with Crippen LogP contribution in [0.3, 0.4) is 0 Å². The van der Waals surface area contributed by atoms with Crippen LogP contribution in [-0.2, 0) is 38.8 Å². The van der Waals surface area contributed by atoms with Crippen molar-refractivity contribution in [2.45, 2.75) is 23.4 Å². The van der Waals surface area contributed by atoms with E-state index in [2.05, 4.69) is 4.72 Å². The number of para-hydroxylation sites is 1. The first-order valence-corrected chi connectivity index (χ1v) is 14.8. The number of rotatable bonds is 10. The zero-order valence-electron chi connectivity index (χ0n) is 22.1. The number of carbonyl (C=O) groups excluding carboxylic acids is 2. The molecule has 0 radical (unpaired) electrons. The highest BCUT2D eigenvalue weighted by molar-refractivity contribution is 7.91. The first-order chi connectivity index (χ1) is 20.3. The quantitative estimate of drug-likeness (QED) is 0.226. The molecule has 0 saturated carbocycles. The maximum atomic E-state index is 13.1. The first kappa shape index (κ1) is 31.4. The second-order valence-electron chi connectivity index (χ2n) is 9.01. The van der Waals surface area contributed by atoms with Crippen LogP contribution < -0.4 is 9.46 Å². The van der Waals surface area contributed by atoms with Crippen molar-refractivity contribution in [2.75, 3.05) is 6.54 Å². The van der Waals surface area contributed by atoms with Gasteiger partial charge in [0, 0.05) is 17.0 Å². The van der Waals surface area contributed by atoms with Gasteiger partial charge in [0.1, 0.15) is 15.7 Å². The average molecular weight is 633 g/mol. The molecule has 3 aromatic carbocycles. The molecule has 4 aromatic rings. The lowest BCUT2D eigenvalue weighted by Gasteiger charge is -2.19. The Morgan fingerprint density at radius 2 is 1.56 bits per heavy atom. The summed E-state index contributed by atoms with van der Waals surface area (Å²) < 4.78 is 73.0. The number of benzene rings is 3. The molecule has 2 amide bonds. The Bertz CT molecular complexity index is 1720. The molecular weight excluding hydrogens is 609 g/mol. The Morgan fingerprint density at radius 3 is 2.21 bits per heavy atom. The predicted octanol–water partition coefficient (Wildman–Crippen LogP) is 5.33. The summed E-state index contributed by atoms with van der Waals surface area (Å²) in [6, 6.07) is 22.0. The van der Waals surface area contributed by atoms with E-state index in [0.717, 1.165) is 23.8 Å². The van der Waals surface area contributed by atoms with Crippen LogP contribution in [0.25, 0.3) is 0 Å². The summed E-state index contributed by atoms with van der Waals surface area (Å²) in [5.74, 6) is -3.68. The van der Waals surface area contributed by atoms with Crippen LogP contribution in [0, 0.1) is 0 Å². The van der Waals surface area contributed by atoms with Gasteiger partial charge >= 0.3 is 18.1 Å². The molecule has 1 heterocycles. The van der Waals surface area contributed by atoms with E-state index in [1.165, 1.54) is 12.1 Å². The Morgan fingerprint density at radius 1 is 0.884 bits per heavy atom. The van der Waals surface area contributed by atoms with E-state index >= 15 is 0 Å². The summed E-state index contributed by atoms with van der Waals surface area (Å²) in [4.78, 5) is 36.9. The smallest absolute Gasteiger partial charge is 0.416 e. The van der Waals surface area contributed by atoms with Crippen LogP contribution in [0.5, 0.6) is 11.5 Å². The largest absolute Gasteiger partial charge is 0.474 e. The third kappa shape index (κ3) is 8.28. The van der Waals surface area contributed by atoms with Crippen molar-refractivity contribution < 1.29 is 45.8 Å². The van der Waals surface area contributed by atoms with Gasteiger partial charge in [-0.1, -0.05) is 36.4 Å². The van der Waals surface area contributed by atoms with Crippen LogP contribution in [0.4, 0.5) is 13.2 Å². The maximum Gasteiger partial charge on any atom is 0.416 e. The van der Waals surface area contributed by atoms with Crippen LogP contribution in [0.15, 0.2) is 95.2 Å². The van der Waals surface area contributed by atoms with Gasteiger partial charge in [0.2, 0.25) is 10.0 Å². The lowest BCUT2D eigenvalue weighted by Crippen LogP contribution is -2.40. The highest BCUT2D eigenvalue weighted by Crippen LogP contribution is 2.30. The first-order valence-electron chi connectivity index (χ1n) is 12.5. The SMILES string of the molecule is O=C(O)C(=O)N(Cc1ccc(S(=O)(=O)NCCc2ccc(Oc3ccccc3)cc2)s1)C(=O)c1cccc(C(F)(F)F)c1. The molecule has 14 heteroatoms. The number of carbonyl (C=O) groups is 3. The van der Waals surface area contributed by atoms with E-state index in [0.29, 0.717) is 35.3 Å². The predicted molar refractivity (Wildman–Crippen MR) is 150 cm³/mol. The van der Waals surface area contributed by atoms with Gasteiger partial charge in [-0.2, -0.15) is 13.2 Å². The molecule has 0 unspecified atom stereocenters. The summed E-state index contributed by atoms with van der Waals surface area (Å²) in [5.41, 5.74) is -0.880. The molecule has 43 heavy (non-hydrogen) atoms. The van der Waals surface area contributed by atoms with Gasteiger partial charge in [-0.15, -0.1) is 11.3 Å². The molecule has 0 aliphatic rings. The van der Waals surface area contributed by atoms with Crippen LogP contribution >= 0.6 is 11.3 Å². The highest BCUT2D eigenvalue weighted by atomic mass is 32.2. The number of aliphatic carboxylic acids is 1. The Kier molecular flexibility index (Phi) is 9.63. The number of hydrogen-bond acceptors (Lipinski definition) is 7. The maximum absolute atomic E-state index is 13.1. The fourth-order valence-corrected chi connectivity index (χ4v) is 6.25. The molecule has 0 aliphatic carbocycles. The van der Waals surface area contributed by atoms with E-state index in [1.807, 2.05) is 30.3 Å². The van der Waals surface area contributed by atoms with Crippen molar-refractivity contribution in [3.05, 3.63) is 113 Å². The minimum absolute atomic E-state index is 0.0477. The Labute approximate surface area is 248 Å². The van der Waals surface area contributed by atoms with Gasteiger partial charge in [-0.3, -0.25) is 14.5 Å². The fraction of sp³-hybridized carbons (Fsp3) is 0.138. The zero-order chi connectivity index (χ0) is 31.2. The van der Waals surface area contributed by atoms with Gasteiger partial charge < -0.3 is 9.84 Å². The van der Waals surface area contributed by atoms with Crippen molar-refractivity contribution >= 4 is 39.1 Å². The number of carboxylic acids is 1. The van der Waals surface area contributed by atoms with Crippen LogP contribution in [-0.4, -0.2) is 42.8 Å². The van der Waals surface area contributed by atoms with Crippen LogP contribution in [0.2, 0.25) is 0 Å². The van der Waals surface area contributed by atoms with E-state index in [4.69, 9.17) is 4.74 Å². The number of sulfonamides is 1. The molecule has 2 N–H and O–H groups in total. The summed E-state index contributed by atoms with van der Waals surface area (Å²) in [6.45, 7) is -0.621. The van der Waals surface area contributed by atoms with Crippen molar-refractivity contribution in [3.8, 4) is 11.5 Å². The van der Waals surface area contributed by atoms with E-state index in [9.17, 15) is 41.1 Å². The molecular formula is C29H23F3N2O7S2. The fourth-order valence-electron chi connectivity index (χ4n) is 3.83. The number of nitrogens with zero attached hydrogens (tertiary/aromatic N) is 1. The van der Waals surface area contributed by atoms with Gasteiger partial charge in [0.25, 0.3) is 5.91 Å². The standard InChI is InChI=1S/C29H23F3N2O7S2/c30-29(31,32)21-6-4-5-20(17-21)26(35)34(27(36)28(37)38)18-24-13-14-25(42-24)43(39,40)33-16-15-19-9-11-23(12-10-19)41-22-7-2-1-3-8-22/h1-14,17,33H,15-16,18H2,(H,37,38). The third-order valence-corrected chi connectivity index (χ3v) is 8.96. The highest BCUT2D eigenvalue weighted by Gasteiger charge is 2.33. The number of nitrogens with one attached hydrogen (secondary N) is 1. The molecule has 9 nitrogen and oxygen atoms in total. The number of hydrogen-bond donors (Lipinski definition) is 2. The lowest BCUT2D eigenvalue weighted by molar-refractivity contribution is -0.154. The van der Waals surface area contributed by atoms with Gasteiger partial charge in [0.05, 0.1) is 12.1 Å². The summed E-state index contributed by atoms with van der Waals surface area (Å²) in [7, 11) is -4.01. The number of halogens is 3. The number of alkyl halides is 3. The lowest BCUT2D eigenvalue weighted by atomic mass is 10.1. The number of thiophene rings is 1. The minimum atomic E-state index is -4.78. The van der Waals surface area contributed by atoms with Gasteiger partial charge in [-0.05, 0) is 66.6 Å². The summed E-state index contributed by atoms with van der Waals surface area (Å²) in [6.07, 6.45) is -4.42. The zero-order valence-corrected chi connectivity index (χ0v) is 23.7. The van der Waals surface area contributed by atoms with Crippen LogP contribution in [0.1, 0.15) is 26.4 Å². The monoisotopic (exact) mass is 632 g/mol. The molecule has 4 rings (SSSR count). The van der Waals surface area contributed by atoms with Crippen molar-refractivity contribution in [3.63, 3.8) is 0 Å². The molecule has 0 fully saturated rings. The second-order valence-corrected chi connectivity index (χ2v) is 12.2. The molecule has 1 aromatic heterocycles. The molecule has 0 saturated heterocycles. The Balaban J connectivity index is 1.40. The number of carboxylic acid groups (broad SMARTS) is 1. The second kappa shape index (κ2) is 13.2. The number of imide groups is 1. The third-order valence-electron chi connectivity index (χ3n) is 5.93. The molecule has 0 atom stereocenters. The van der Waals surface area contributed by atoms with Gasteiger partial charge in [0.15, 0.2) is 0 Å². The molecule has 0 bridgehead atoms. The van der Waals surface area contributed by atoms with Crippen molar-refractivity contribution in [1.29, 1.82) is 0 Å². The number of amides is 2.